The molecule has 5 rings (SSSR count). The largest absolute Gasteiger partial charge is 0.373 e. The van der Waals surface area contributed by atoms with Gasteiger partial charge in [0.1, 0.15) is 11.8 Å². The van der Waals surface area contributed by atoms with E-state index in [1.807, 2.05) is 6.92 Å². The van der Waals surface area contributed by atoms with Crippen molar-refractivity contribution in [2.24, 2.45) is 0 Å². The van der Waals surface area contributed by atoms with E-state index >= 15 is 0 Å². The number of aryl methyl sites for hydroxylation is 1. The number of carbonyl (C=O) groups is 1. The molecule has 4 aromatic rings. The monoisotopic (exact) mass is 468 g/mol. The second kappa shape index (κ2) is 8.58. The van der Waals surface area contributed by atoms with Gasteiger partial charge in [0.2, 0.25) is 11.5 Å². The molecule has 11 heteroatoms. The van der Waals surface area contributed by atoms with E-state index in [0.29, 0.717) is 52.2 Å². The number of rotatable bonds is 5. The first-order chi connectivity index (χ1) is 16.9. The predicted octanol–water partition coefficient (Wildman–Crippen LogP) is 2.56. The normalized spacial score (nSPS) is 17.4. The van der Waals surface area contributed by atoms with Crippen molar-refractivity contribution in [2.75, 3.05) is 18.9 Å². The Morgan fingerprint density at radius 3 is 2.66 bits per heavy atom. The molecule has 1 amide bonds. The number of anilines is 2. The highest BCUT2D eigenvalue weighted by atomic mass is 16.5. The lowest BCUT2D eigenvalue weighted by Gasteiger charge is -2.16. The zero-order chi connectivity index (χ0) is 24.6. The molecule has 0 saturated carbocycles. The summed E-state index contributed by atoms with van der Waals surface area (Å²) in [5.74, 6) is -0.00988. The third-order valence-corrected chi connectivity index (χ3v) is 5.82. The minimum atomic E-state index is -1.72. The molecule has 5 heterocycles. The van der Waals surface area contributed by atoms with Gasteiger partial charge in [0.05, 0.1) is 34.0 Å². The molecule has 0 unspecified atom stereocenters. The molecule has 0 aromatic carbocycles. The zero-order valence-corrected chi connectivity index (χ0v) is 18.9. The molecule has 2 N–H and O–H groups in total. The van der Waals surface area contributed by atoms with E-state index in [1.165, 1.54) is 17.2 Å². The van der Waals surface area contributed by atoms with Crippen LogP contribution in [0.5, 0.6) is 0 Å². The number of aromatic nitrogens is 5. The number of nitriles is 1. The van der Waals surface area contributed by atoms with Crippen molar-refractivity contribution in [3.63, 3.8) is 0 Å². The van der Waals surface area contributed by atoms with Gasteiger partial charge in [-0.25, -0.2) is 15.0 Å². The summed E-state index contributed by atoms with van der Waals surface area (Å²) in [4.78, 5) is 31.4. The number of pyridine rings is 2. The fourth-order valence-corrected chi connectivity index (χ4v) is 3.80. The Bertz CT molecular complexity index is 1480. The van der Waals surface area contributed by atoms with Crippen LogP contribution >= 0.6 is 0 Å². The molecule has 1 saturated heterocycles. The van der Waals surface area contributed by atoms with Crippen LogP contribution in [0, 0.1) is 18.3 Å². The molecule has 0 aliphatic carbocycles. The molecule has 1 fully saturated rings. The fraction of sp³-hybridized carbons (Fsp3) is 0.208. The molecule has 4 aromatic heterocycles. The van der Waals surface area contributed by atoms with Crippen molar-refractivity contribution in [1.29, 1.82) is 5.26 Å². The lowest BCUT2D eigenvalue weighted by molar-refractivity contribution is -0.144. The second-order valence-electron chi connectivity index (χ2n) is 8.18. The minimum Gasteiger partial charge on any atom is -0.373 e. The first-order valence-corrected chi connectivity index (χ1v) is 10.8. The van der Waals surface area contributed by atoms with Crippen LogP contribution in [0.3, 0.4) is 0 Å². The van der Waals surface area contributed by atoms with Crippen LogP contribution in [0.15, 0.2) is 53.3 Å². The number of hydrogen-bond donors (Lipinski definition) is 2. The van der Waals surface area contributed by atoms with E-state index in [4.69, 9.17) is 9.78 Å². The summed E-state index contributed by atoms with van der Waals surface area (Å²) in [7, 11) is 1.63. The van der Waals surface area contributed by atoms with Crippen molar-refractivity contribution >= 4 is 17.5 Å². The standard InChI is InChI=1S/C24H20N8O3/c1-14-19(10-15(12-25)13-27-14)30-23-26-8-6-18(29-23)16-4-3-5-17(28-16)20-11-21(35-31-20)24(34)7-9-32(2)22(24)33/h3-6,8,10-11,13,34H,7,9H2,1-2H3,(H,26,29,30)/t24-/m1/s1. The maximum atomic E-state index is 12.4. The van der Waals surface area contributed by atoms with E-state index in [0.717, 1.165) is 0 Å². The minimum absolute atomic E-state index is 0.0890. The number of carbonyl (C=O) groups excluding carboxylic acids is 1. The van der Waals surface area contributed by atoms with Gasteiger partial charge in [-0.05, 0) is 31.2 Å². The van der Waals surface area contributed by atoms with Crippen LogP contribution in [-0.4, -0.2) is 54.6 Å². The fourth-order valence-electron chi connectivity index (χ4n) is 3.80. The summed E-state index contributed by atoms with van der Waals surface area (Å²) in [6.07, 6.45) is 3.33. The molecule has 1 aliphatic heterocycles. The highest BCUT2D eigenvalue weighted by molar-refractivity contribution is 5.87. The number of likely N-dealkylation sites (tertiary alicyclic amines) is 1. The van der Waals surface area contributed by atoms with E-state index in [1.54, 1.807) is 43.6 Å². The van der Waals surface area contributed by atoms with Crippen molar-refractivity contribution in [3.8, 4) is 28.8 Å². The van der Waals surface area contributed by atoms with Gasteiger partial charge < -0.3 is 19.8 Å². The Morgan fingerprint density at radius 2 is 1.91 bits per heavy atom. The lowest BCUT2D eigenvalue weighted by atomic mass is 9.98. The second-order valence-corrected chi connectivity index (χ2v) is 8.18. The topological polar surface area (TPSA) is 154 Å². The molecular formula is C24H20N8O3. The smallest absolute Gasteiger partial charge is 0.262 e. The number of amides is 1. The van der Waals surface area contributed by atoms with E-state index < -0.39 is 11.5 Å². The van der Waals surface area contributed by atoms with Gasteiger partial charge in [-0.1, -0.05) is 11.2 Å². The first kappa shape index (κ1) is 22.1. The molecule has 0 bridgehead atoms. The highest BCUT2D eigenvalue weighted by Gasteiger charge is 2.48. The number of nitrogens with one attached hydrogen (secondary N) is 1. The van der Waals surface area contributed by atoms with Crippen LogP contribution in [0.4, 0.5) is 11.6 Å². The lowest BCUT2D eigenvalue weighted by Crippen LogP contribution is -2.35. The molecule has 1 aliphatic rings. The number of nitrogens with zero attached hydrogens (tertiary/aromatic N) is 7. The Kier molecular flexibility index (Phi) is 5.43. The summed E-state index contributed by atoms with van der Waals surface area (Å²) in [5, 5.41) is 27.1. The molecule has 11 nitrogen and oxygen atoms in total. The molecule has 174 valence electrons. The summed E-state index contributed by atoms with van der Waals surface area (Å²) < 4.78 is 5.33. The SMILES string of the molecule is Cc1ncc(C#N)cc1Nc1nccc(-c2cccc(-c3cc([C@]4(O)CCN(C)C4=O)on3)n2)n1. The number of hydrogen-bond acceptors (Lipinski definition) is 10. The highest BCUT2D eigenvalue weighted by Crippen LogP contribution is 2.34. The van der Waals surface area contributed by atoms with Gasteiger partial charge in [0.15, 0.2) is 5.76 Å². The summed E-state index contributed by atoms with van der Waals surface area (Å²) in [6, 6.07) is 12.3. The van der Waals surface area contributed by atoms with E-state index in [-0.39, 0.29) is 12.2 Å². The Balaban J connectivity index is 1.42. The maximum absolute atomic E-state index is 12.4. The average molecular weight is 468 g/mol. The van der Waals surface area contributed by atoms with Crippen LogP contribution in [-0.2, 0) is 10.4 Å². The Morgan fingerprint density at radius 1 is 1.14 bits per heavy atom. The third-order valence-electron chi connectivity index (χ3n) is 5.82. The van der Waals surface area contributed by atoms with Crippen molar-refractivity contribution < 1.29 is 14.4 Å². The van der Waals surface area contributed by atoms with Crippen LogP contribution in [0.25, 0.3) is 22.8 Å². The van der Waals surface area contributed by atoms with Crippen LogP contribution in [0.1, 0.15) is 23.4 Å². The number of likely N-dealkylation sites (N-methyl/N-ethyl adjacent to an activating group) is 1. The number of aliphatic hydroxyl groups is 1. The third kappa shape index (κ3) is 4.07. The molecule has 0 radical (unpaired) electrons. The molecule has 1 atom stereocenters. The molecule has 35 heavy (non-hydrogen) atoms. The van der Waals surface area contributed by atoms with Gasteiger partial charge >= 0.3 is 0 Å². The van der Waals surface area contributed by atoms with Gasteiger partial charge in [-0.2, -0.15) is 5.26 Å². The Hall–Kier alpha value is -4.69. The maximum Gasteiger partial charge on any atom is 0.262 e. The van der Waals surface area contributed by atoms with Crippen LogP contribution < -0.4 is 5.32 Å². The first-order valence-electron chi connectivity index (χ1n) is 10.8. The summed E-state index contributed by atoms with van der Waals surface area (Å²) in [5.41, 5.74) is 2.04. The predicted molar refractivity (Wildman–Crippen MR) is 124 cm³/mol. The quantitative estimate of drug-likeness (QED) is 0.446. The zero-order valence-electron chi connectivity index (χ0n) is 18.9. The van der Waals surface area contributed by atoms with Gasteiger partial charge in [0, 0.05) is 38.5 Å². The molecule has 0 spiro atoms. The van der Waals surface area contributed by atoms with Gasteiger partial charge in [-0.15, -0.1) is 0 Å². The van der Waals surface area contributed by atoms with Gasteiger partial charge in [0.25, 0.3) is 5.91 Å². The van der Waals surface area contributed by atoms with E-state index in [9.17, 15) is 9.90 Å². The molecular weight excluding hydrogens is 448 g/mol. The van der Waals surface area contributed by atoms with Gasteiger partial charge in [-0.3, -0.25) is 9.78 Å². The summed E-state index contributed by atoms with van der Waals surface area (Å²) in [6.45, 7) is 2.25. The van der Waals surface area contributed by atoms with Crippen LogP contribution in [0.2, 0.25) is 0 Å². The van der Waals surface area contributed by atoms with Crippen molar-refractivity contribution in [3.05, 3.63) is 65.8 Å². The summed E-state index contributed by atoms with van der Waals surface area (Å²) >= 11 is 0. The van der Waals surface area contributed by atoms with Crippen molar-refractivity contribution in [1.82, 2.24) is 30.0 Å². The van der Waals surface area contributed by atoms with Crippen molar-refractivity contribution in [2.45, 2.75) is 18.9 Å². The average Bonchev–Trinajstić information content (AvgIpc) is 3.48. The Labute approximate surface area is 200 Å². The van der Waals surface area contributed by atoms with E-state index in [2.05, 4.69) is 36.5 Å².